The topological polar surface area (TPSA) is 3.24 Å². The Labute approximate surface area is 103 Å². The van der Waals surface area contributed by atoms with Gasteiger partial charge in [0.15, 0.2) is 0 Å². The Balaban J connectivity index is 1.92. The van der Waals surface area contributed by atoms with Gasteiger partial charge in [-0.3, -0.25) is 0 Å². The summed E-state index contributed by atoms with van der Waals surface area (Å²) in [7, 11) is 2.22. The quantitative estimate of drug-likeness (QED) is 0.741. The van der Waals surface area contributed by atoms with E-state index in [4.69, 9.17) is 0 Å². The molecule has 1 heteroatoms. The Morgan fingerprint density at radius 1 is 1.29 bits per heavy atom. The zero-order valence-corrected chi connectivity index (χ0v) is 10.8. The van der Waals surface area contributed by atoms with Crippen molar-refractivity contribution in [3.05, 3.63) is 53.6 Å². The normalized spacial score (nSPS) is 29.6. The zero-order valence-electron chi connectivity index (χ0n) is 10.8. The molecule has 0 aromatic heterocycles. The highest BCUT2D eigenvalue weighted by Gasteiger charge is 2.56. The molecule has 3 rings (SSSR count). The van der Waals surface area contributed by atoms with Gasteiger partial charge in [0, 0.05) is 18.7 Å². The third kappa shape index (κ3) is 1.53. The van der Waals surface area contributed by atoms with Gasteiger partial charge in [0.2, 0.25) is 0 Å². The maximum absolute atomic E-state index is 2.44. The molecule has 1 aromatic carbocycles. The summed E-state index contributed by atoms with van der Waals surface area (Å²) < 4.78 is 0. The zero-order chi connectivity index (χ0) is 12.0. The van der Waals surface area contributed by atoms with Crippen LogP contribution in [-0.4, -0.2) is 12.6 Å². The second kappa shape index (κ2) is 3.49. The van der Waals surface area contributed by atoms with Gasteiger partial charge in [0.25, 0.3) is 0 Å². The van der Waals surface area contributed by atoms with Gasteiger partial charge in [-0.2, -0.15) is 0 Å². The minimum Gasteiger partial charge on any atom is -0.365 e. The monoisotopic (exact) mass is 225 g/mol. The van der Waals surface area contributed by atoms with Gasteiger partial charge in [-0.1, -0.05) is 35.9 Å². The number of anilines is 1. The van der Waals surface area contributed by atoms with Gasteiger partial charge in [0.05, 0.1) is 5.54 Å². The van der Waals surface area contributed by atoms with Crippen LogP contribution in [0.2, 0.25) is 0 Å². The first-order valence-corrected chi connectivity index (χ1v) is 6.30. The van der Waals surface area contributed by atoms with E-state index in [0.29, 0.717) is 0 Å². The van der Waals surface area contributed by atoms with Crippen molar-refractivity contribution in [2.24, 2.45) is 5.92 Å². The van der Waals surface area contributed by atoms with Gasteiger partial charge < -0.3 is 4.90 Å². The third-order valence-corrected chi connectivity index (χ3v) is 4.28. The minimum absolute atomic E-state index is 0.257. The van der Waals surface area contributed by atoms with Crippen LogP contribution in [0.3, 0.4) is 0 Å². The van der Waals surface area contributed by atoms with Crippen molar-refractivity contribution in [2.45, 2.75) is 25.8 Å². The Morgan fingerprint density at radius 3 is 2.88 bits per heavy atom. The molecular formula is C16H19N. The van der Waals surface area contributed by atoms with E-state index in [1.165, 1.54) is 23.2 Å². The van der Waals surface area contributed by atoms with Crippen LogP contribution in [-0.2, 0) is 0 Å². The number of hydrogen-bond donors (Lipinski definition) is 0. The first kappa shape index (κ1) is 10.6. The van der Waals surface area contributed by atoms with Crippen molar-refractivity contribution in [3.8, 4) is 0 Å². The SMILES string of the molecule is CC1=CC=CC2(N(C)c3cccc(C)c3)CC12. The lowest BCUT2D eigenvalue weighted by atomic mass is 10.0. The van der Waals surface area contributed by atoms with E-state index in [1.807, 2.05) is 0 Å². The van der Waals surface area contributed by atoms with Gasteiger partial charge in [-0.05, 0) is 38.0 Å². The van der Waals surface area contributed by atoms with E-state index in [9.17, 15) is 0 Å². The number of aryl methyl sites for hydroxylation is 1. The lowest BCUT2D eigenvalue weighted by Crippen LogP contribution is -2.35. The number of fused-ring (bicyclic) bond motifs is 1. The second-order valence-electron chi connectivity index (χ2n) is 5.42. The van der Waals surface area contributed by atoms with Gasteiger partial charge in [0.1, 0.15) is 0 Å². The molecule has 0 N–H and O–H groups in total. The summed E-state index contributed by atoms with van der Waals surface area (Å²) in [6.07, 6.45) is 8.09. The molecular weight excluding hydrogens is 206 g/mol. The fourth-order valence-corrected chi connectivity index (χ4v) is 3.05. The van der Waals surface area contributed by atoms with Crippen molar-refractivity contribution >= 4 is 5.69 Å². The molecule has 2 atom stereocenters. The van der Waals surface area contributed by atoms with Crippen LogP contribution in [0.15, 0.2) is 48.1 Å². The highest BCUT2D eigenvalue weighted by atomic mass is 15.2. The molecule has 0 bridgehead atoms. The summed E-state index contributed by atoms with van der Waals surface area (Å²) in [5.41, 5.74) is 4.43. The number of rotatable bonds is 2. The van der Waals surface area contributed by atoms with Crippen molar-refractivity contribution in [3.63, 3.8) is 0 Å². The Bertz CT molecular complexity index is 512. The molecule has 0 amide bonds. The fourth-order valence-electron chi connectivity index (χ4n) is 3.05. The second-order valence-corrected chi connectivity index (χ2v) is 5.42. The molecule has 0 saturated heterocycles. The van der Waals surface area contributed by atoms with E-state index in [-0.39, 0.29) is 5.54 Å². The van der Waals surface area contributed by atoms with E-state index in [2.05, 4.69) is 68.3 Å². The predicted molar refractivity (Wildman–Crippen MR) is 73.3 cm³/mol. The van der Waals surface area contributed by atoms with Crippen molar-refractivity contribution in [1.82, 2.24) is 0 Å². The number of likely N-dealkylation sites (N-methyl/N-ethyl adjacent to an activating group) is 1. The Hall–Kier alpha value is -1.50. The maximum Gasteiger partial charge on any atom is 0.0657 e. The smallest absolute Gasteiger partial charge is 0.0657 e. The number of nitrogens with zero attached hydrogens (tertiary/aromatic N) is 1. The summed E-state index contributed by atoms with van der Waals surface area (Å²) in [5, 5.41) is 0. The van der Waals surface area contributed by atoms with Crippen LogP contribution in [0.5, 0.6) is 0 Å². The summed E-state index contributed by atoms with van der Waals surface area (Å²) in [5.74, 6) is 0.720. The predicted octanol–water partition coefficient (Wildman–Crippen LogP) is 3.71. The van der Waals surface area contributed by atoms with E-state index < -0.39 is 0 Å². The molecule has 88 valence electrons. The first-order chi connectivity index (χ1) is 8.13. The highest BCUT2D eigenvalue weighted by molar-refractivity contribution is 5.57. The van der Waals surface area contributed by atoms with Crippen LogP contribution < -0.4 is 4.90 Å². The third-order valence-electron chi connectivity index (χ3n) is 4.28. The number of hydrogen-bond acceptors (Lipinski definition) is 1. The summed E-state index contributed by atoms with van der Waals surface area (Å²) in [6, 6.07) is 8.77. The molecule has 0 aliphatic heterocycles. The minimum atomic E-state index is 0.257. The van der Waals surface area contributed by atoms with E-state index in [0.717, 1.165) is 5.92 Å². The summed E-state index contributed by atoms with van der Waals surface area (Å²) in [6.45, 7) is 4.40. The van der Waals surface area contributed by atoms with Crippen LogP contribution in [0.25, 0.3) is 0 Å². The average Bonchev–Trinajstić information content (AvgIpc) is 3.06. The molecule has 2 unspecified atom stereocenters. The first-order valence-electron chi connectivity index (χ1n) is 6.30. The number of allylic oxidation sites excluding steroid dienone is 2. The maximum atomic E-state index is 2.44. The lowest BCUT2D eigenvalue weighted by molar-refractivity contribution is 0.702. The molecule has 0 heterocycles. The molecule has 1 saturated carbocycles. The van der Waals surface area contributed by atoms with E-state index >= 15 is 0 Å². The van der Waals surface area contributed by atoms with Gasteiger partial charge in [-0.25, -0.2) is 0 Å². The molecule has 0 radical (unpaired) electrons. The Morgan fingerprint density at radius 2 is 2.12 bits per heavy atom. The van der Waals surface area contributed by atoms with Crippen LogP contribution in [0.1, 0.15) is 18.9 Å². The van der Waals surface area contributed by atoms with Crippen molar-refractivity contribution in [2.75, 3.05) is 11.9 Å². The fraction of sp³-hybridized carbons (Fsp3) is 0.375. The van der Waals surface area contributed by atoms with Crippen molar-refractivity contribution < 1.29 is 0 Å². The van der Waals surface area contributed by atoms with Gasteiger partial charge in [-0.15, -0.1) is 0 Å². The Kier molecular flexibility index (Phi) is 2.19. The average molecular weight is 225 g/mol. The van der Waals surface area contributed by atoms with Gasteiger partial charge >= 0.3 is 0 Å². The lowest BCUT2D eigenvalue weighted by Gasteiger charge is -2.31. The molecule has 1 nitrogen and oxygen atoms in total. The largest absolute Gasteiger partial charge is 0.365 e. The van der Waals surface area contributed by atoms with Crippen LogP contribution in [0.4, 0.5) is 5.69 Å². The summed E-state index contributed by atoms with van der Waals surface area (Å²) >= 11 is 0. The highest BCUT2D eigenvalue weighted by Crippen LogP contribution is 2.55. The standard InChI is InChI=1S/C16H19N/c1-12-6-4-8-14(10-12)17(3)16-9-5-7-13(2)15(16)11-16/h4-10,15H,11H2,1-3H3. The van der Waals surface area contributed by atoms with Crippen molar-refractivity contribution in [1.29, 1.82) is 0 Å². The molecule has 1 aromatic rings. The molecule has 1 fully saturated rings. The molecule has 2 aliphatic rings. The van der Waals surface area contributed by atoms with Crippen LogP contribution in [0, 0.1) is 12.8 Å². The molecule has 0 spiro atoms. The number of benzene rings is 1. The van der Waals surface area contributed by atoms with Crippen LogP contribution >= 0.6 is 0 Å². The summed E-state index contributed by atoms with van der Waals surface area (Å²) in [4.78, 5) is 2.44. The van der Waals surface area contributed by atoms with E-state index in [1.54, 1.807) is 0 Å². The molecule has 17 heavy (non-hydrogen) atoms. The molecule has 2 aliphatic carbocycles.